The lowest BCUT2D eigenvalue weighted by Gasteiger charge is -2.10. The van der Waals surface area contributed by atoms with Crippen LogP contribution >= 0.6 is 11.8 Å². The molecule has 0 aliphatic heterocycles. The minimum Gasteiger partial charge on any atom is -0.303 e. The highest BCUT2D eigenvalue weighted by Crippen LogP contribution is 2.13. The summed E-state index contributed by atoms with van der Waals surface area (Å²) in [7, 11) is -3.98. The van der Waals surface area contributed by atoms with E-state index in [2.05, 4.69) is 0 Å². The first-order chi connectivity index (χ1) is 6.02. The van der Waals surface area contributed by atoms with Crippen LogP contribution in [0.1, 0.15) is 19.3 Å². The van der Waals surface area contributed by atoms with Crippen LogP contribution in [0.4, 0.5) is 0 Å². The van der Waals surface area contributed by atoms with Crippen LogP contribution in [0.25, 0.3) is 0 Å². The first-order valence-electron chi connectivity index (χ1n) is 3.91. The van der Waals surface area contributed by atoms with E-state index in [4.69, 9.17) is 4.55 Å². The highest BCUT2D eigenvalue weighted by atomic mass is 32.2. The highest BCUT2D eigenvalue weighted by molar-refractivity contribution is 7.98. The molecule has 0 heterocycles. The molecule has 0 amide bonds. The Hall–Kier alpha value is -0.0700. The molecule has 0 radical (unpaired) electrons. The van der Waals surface area contributed by atoms with E-state index in [-0.39, 0.29) is 12.8 Å². The molecule has 1 atom stereocenters. The molecule has 0 saturated heterocycles. The van der Waals surface area contributed by atoms with Gasteiger partial charge in [0.25, 0.3) is 10.1 Å². The van der Waals surface area contributed by atoms with E-state index < -0.39 is 15.4 Å². The van der Waals surface area contributed by atoms with Crippen LogP contribution in [0.3, 0.4) is 0 Å². The molecule has 1 unspecified atom stereocenters. The molecule has 0 aromatic rings. The van der Waals surface area contributed by atoms with E-state index in [9.17, 15) is 13.2 Å². The summed E-state index contributed by atoms with van der Waals surface area (Å²) in [6, 6.07) is 0. The molecule has 0 saturated carbocycles. The van der Waals surface area contributed by atoms with Gasteiger partial charge < -0.3 is 4.79 Å². The van der Waals surface area contributed by atoms with E-state index in [1.165, 1.54) is 11.8 Å². The Labute approximate surface area is 82.8 Å². The molecule has 0 aliphatic rings. The van der Waals surface area contributed by atoms with Crippen molar-refractivity contribution in [2.75, 3.05) is 12.0 Å². The van der Waals surface area contributed by atoms with Gasteiger partial charge in [0.1, 0.15) is 6.29 Å². The molecule has 4 nitrogen and oxygen atoms in total. The molecule has 0 spiro atoms. The molecule has 13 heavy (non-hydrogen) atoms. The van der Waals surface area contributed by atoms with E-state index in [1.54, 1.807) is 0 Å². The van der Waals surface area contributed by atoms with Gasteiger partial charge in [-0.1, -0.05) is 0 Å². The highest BCUT2D eigenvalue weighted by Gasteiger charge is 2.21. The predicted octanol–water partition coefficient (Wildman–Crippen LogP) is 0.975. The van der Waals surface area contributed by atoms with Crippen molar-refractivity contribution >= 4 is 28.2 Å². The van der Waals surface area contributed by atoms with Gasteiger partial charge in [-0.25, -0.2) is 0 Å². The molecule has 78 valence electrons. The van der Waals surface area contributed by atoms with Crippen LogP contribution in [0, 0.1) is 0 Å². The minimum absolute atomic E-state index is 0.179. The standard InChI is InChI=1S/C7H14O4S2/c1-12-6-4-7(3-2-5-8)13(9,10)11/h5,7H,2-4,6H2,1H3,(H,9,10,11). The lowest BCUT2D eigenvalue weighted by Crippen LogP contribution is -2.21. The number of carbonyl (C=O) groups excluding carboxylic acids is 1. The van der Waals surface area contributed by atoms with E-state index >= 15 is 0 Å². The number of carbonyl (C=O) groups is 1. The maximum Gasteiger partial charge on any atom is 0.267 e. The summed E-state index contributed by atoms with van der Waals surface area (Å²) in [4.78, 5) is 10.0. The Morgan fingerprint density at radius 1 is 1.46 bits per heavy atom. The van der Waals surface area contributed by atoms with Crippen LogP contribution in [0.5, 0.6) is 0 Å². The molecule has 0 aromatic heterocycles. The molecule has 0 aromatic carbocycles. The average Bonchev–Trinajstić information content (AvgIpc) is 2.02. The number of hydrogen-bond acceptors (Lipinski definition) is 4. The first-order valence-corrected chi connectivity index (χ1v) is 6.81. The maximum absolute atomic E-state index is 10.8. The maximum atomic E-state index is 10.8. The Bertz CT molecular complexity index is 235. The van der Waals surface area contributed by atoms with Crippen molar-refractivity contribution in [3.63, 3.8) is 0 Å². The van der Waals surface area contributed by atoms with Crippen molar-refractivity contribution < 1.29 is 17.8 Å². The summed E-state index contributed by atoms with van der Waals surface area (Å²) >= 11 is 1.52. The molecule has 6 heteroatoms. The molecule has 0 rings (SSSR count). The van der Waals surface area contributed by atoms with E-state index in [1.807, 2.05) is 6.26 Å². The molecule has 0 bridgehead atoms. The van der Waals surface area contributed by atoms with Gasteiger partial charge in [-0.05, 0) is 24.9 Å². The normalized spacial score (nSPS) is 14.0. The van der Waals surface area contributed by atoms with Crippen molar-refractivity contribution in [3.8, 4) is 0 Å². The van der Waals surface area contributed by atoms with Gasteiger partial charge in [0.2, 0.25) is 0 Å². The summed E-state index contributed by atoms with van der Waals surface area (Å²) in [5.41, 5.74) is 0. The summed E-state index contributed by atoms with van der Waals surface area (Å²) in [6.07, 6.45) is 3.31. The average molecular weight is 226 g/mol. The summed E-state index contributed by atoms with van der Waals surface area (Å²) < 4.78 is 30.3. The number of aldehydes is 1. The van der Waals surface area contributed by atoms with Gasteiger partial charge in [0.15, 0.2) is 0 Å². The van der Waals surface area contributed by atoms with Crippen molar-refractivity contribution in [2.24, 2.45) is 0 Å². The van der Waals surface area contributed by atoms with Gasteiger partial charge in [-0.2, -0.15) is 20.2 Å². The number of hydrogen-bond donors (Lipinski definition) is 1. The van der Waals surface area contributed by atoms with Crippen LogP contribution in [0.15, 0.2) is 0 Å². The van der Waals surface area contributed by atoms with Crippen LogP contribution in [-0.2, 0) is 14.9 Å². The summed E-state index contributed by atoms with van der Waals surface area (Å²) in [5, 5.41) is -0.787. The molecule has 0 fully saturated rings. The van der Waals surface area contributed by atoms with Crippen LogP contribution in [-0.4, -0.2) is 36.5 Å². The number of rotatable bonds is 7. The van der Waals surface area contributed by atoms with Crippen LogP contribution in [0.2, 0.25) is 0 Å². The zero-order valence-corrected chi connectivity index (χ0v) is 9.10. The second-order valence-corrected chi connectivity index (χ2v) is 5.34. The predicted molar refractivity (Wildman–Crippen MR) is 53.6 cm³/mol. The quantitative estimate of drug-likeness (QED) is 0.517. The van der Waals surface area contributed by atoms with Gasteiger partial charge >= 0.3 is 0 Å². The van der Waals surface area contributed by atoms with Crippen molar-refractivity contribution in [1.29, 1.82) is 0 Å². The zero-order valence-electron chi connectivity index (χ0n) is 7.47. The molecular weight excluding hydrogens is 212 g/mol. The Morgan fingerprint density at radius 3 is 2.46 bits per heavy atom. The van der Waals surface area contributed by atoms with Crippen molar-refractivity contribution in [1.82, 2.24) is 0 Å². The Morgan fingerprint density at radius 2 is 2.08 bits per heavy atom. The van der Waals surface area contributed by atoms with Gasteiger partial charge in [0, 0.05) is 6.42 Å². The molecule has 1 N–H and O–H groups in total. The third-order valence-electron chi connectivity index (χ3n) is 1.67. The second kappa shape index (κ2) is 6.39. The van der Waals surface area contributed by atoms with Gasteiger partial charge in [-0.3, -0.25) is 4.55 Å². The van der Waals surface area contributed by atoms with Crippen LogP contribution < -0.4 is 0 Å². The fraction of sp³-hybridized carbons (Fsp3) is 0.857. The van der Waals surface area contributed by atoms with Gasteiger partial charge in [-0.15, -0.1) is 0 Å². The first kappa shape index (κ1) is 12.9. The van der Waals surface area contributed by atoms with Gasteiger partial charge in [0.05, 0.1) is 5.25 Å². The topological polar surface area (TPSA) is 71.4 Å². The SMILES string of the molecule is CSCCC(CCC=O)S(=O)(=O)O. The molecular formula is C7H14O4S2. The van der Waals surface area contributed by atoms with Crippen molar-refractivity contribution in [3.05, 3.63) is 0 Å². The third kappa shape index (κ3) is 6.06. The monoisotopic (exact) mass is 226 g/mol. The minimum atomic E-state index is -3.98. The fourth-order valence-corrected chi connectivity index (χ4v) is 2.46. The largest absolute Gasteiger partial charge is 0.303 e. The molecule has 0 aliphatic carbocycles. The second-order valence-electron chi connectivity index (χ2n) is 2.66. The third-order valence-corrected chi connectivity index (χ3v) is 3.63. The fourth-order valence-electron chi connectivity index (χ4n) is 0.945. The summed E-state index contributed by atoms with van der Waals surface area (Å²) in [5.74, 6) is 0.670. The van der Waals surface area contributed by atoms with E-state index in [0.29, 0.717) is 18.5 Å². The zero-order chi connectivity index (χ0) is 10.3. The summed E-state index contributed by atoms with van der Waals surface area (Å²) in [6.45, 7) is 0. The smallest absolute Gasteiger partial charge is 0.267 e. The van der Waals surface area contributed by atoms with E-state index in [0.717, 1.165) is 0 Å². The Balaban J connectivity index is 4.11. The lowest BCUT2D eigenvalue weighted by molar-refractivity contribution is -0.107. The number of thioether (sulfide) groups is 1. The lowest BCUT2D eigenvalue weighted by atomic mass is 10.2. The Kier molecular flexibility index (Phi) is 6.36. The van der Waals surface area contributed by atoms with Crippen molar-refractivity contribution in [2.45, 2.75) is 24.5 Å².